The molecule has 0 aromatic heterocycles. The van der Waals surface area contributed by atoms with E-state index >= 15 is 0 Å². The Balaban J connectivity index is 1.45. The van der Waals surface area contributed by atoms with Gasteiger partial charge in [0.15, 0.2) is 34.4 Å². The minimum Gasteiger partial charge on any atom is -0.493 e. The molecule has 0 fully saturated rings. The number of carbonyl (C=O) groups is 2. The predicted octanol–water partition coefficient (Wildman–Crippen LogP) is 3.44. The first-order valence-corrected chi connectivity index (χ1v) is 10.7. The van der Waals surface area contributed by atoms with Crippen molar-refractivity contribution in [2.24, 2.45) is 0 Å². The first-order chi connectivity index (χ1) is 16.4. The van der Waals surface area contributed by atoms with Crippen LogP contribution in [0.1, 0.15) is 27.9 Å². The number of amides is 1. The summed E-state index contributed by atoms with van der Waals surface area (Å²) in [5.41, 5.74) is 0.0898. The van der Waals surface area contributed by atoms with Crippen molar-refractivity contribution in [3.05, 3.63) is 77.4 Å². The fourth-order valence-corrected chi connectivity index (χ4v) is 4.40. The molecule has 2 aliphatic rings. The number of benzene rings is 3. The van der Waals surface area contributed by atoms with Crippen LogP contribution in [0.2, 0.25) is 0 Å². The smallest absolute Gasteiger partial charge is 0.264 e. The van der Waals surface area contributed by atoms with E-state index in [9.17, 15) is 14.7 Å². The number of ether oxygens (including phenoxy) is 4. The molecule has 174 valence electrons. The van der Waals surface area contributed by atoms with Crippen LogP contribution in [0, 0.1) is 0 Å². The lowest BCUT2D eigenvalue weighted by Crippen LogP contribution is -2.41. The van der Waals surface area contributed by atoms with Gasteiger partial charge in [0.05, 0.1) is 32.9 Å². The third kappa shape index (κ3) is 3.52. The number of rotatable bonds is 7. The zero-order valence-corrected chi connectivity index (χ0v) is 18.7. The summed E-state index contributed by atoms with van der Waals surface area (Å²) in [6, 6.07) is 17.2. The van der Waals surface area contributed by atoms with Crippen LogP contribution < -0.4 is 23.8 Å². The van der Waals surface area contributed by atoms with Crippen molar-refractivity contribution in [1.82, 2.24) is 0 Å². The number of nitrogens with zero attached hydrogens (tertiary/aromatic N) is 1. The van der Waals surface area contributed by atoms with Crippen LogP contribution in [-0.4, -0.2) is 37.8 Å². The average Bonchev–Trinajstić information content (AvgIpc) is 3.41. The number of ketones is 1. The van der Waals surface area contributed by atoms with Crippen molar-refractivity contribution >= 4 is 17.4 Å². The molecule has 8 nitrogen and oxygen atoms in total. The summed E-state index contributed by atoms with van der Waals surface area (Å²) in [5.74, 6) is 1.19. The Morgan fingerprint density at radius 3 is 2.56 bits per heavy atom. The molecule has 0 bridgehead atoms. The molecule has 1 amide bonds. The Bertz CT molecular complexity index is 1290. The van der Waals surface area contributed by atoms with Crippen molar-refractivity contribution in [3.63, 3.8) is 0 Å². The largest absolute Gasteiger partial charge is 0.493 e. The fraction of sp³-hybridized carbons (Fsp3) is 0.231. The van der Waals surface area contributed by atoms with Gasteiger partial charge in [-0.1, -0.05) is 24.3 Å². The molecular formula is C26H23NO7. The number of Topliss-reactive ketones (excluding diaryl/α,β-unsaturated/α-hetero) is 1. The van der Waals surface area contributed by atoms with Gasteiger partial charge in [0.1, 0.15) is 0 Å². The predicted molar refractivity (Wildman–Crippen MR) is 123 cm³/mol. The fourth-order valence-electron chi connectivity index (χ4n) is 4.40. The molecule has 8 heteroatoms. The molecule has 0 aliphatic carbocycles. The Labute approximate surface area is 196 Å². The summed E-state index contributed by atoms with van der Waals surface area (Å²) in [5, 5.41) is 11.6. The van der Waals surface area contributed by atoms with Crippen LogP contribution in [0.4, 0.5) is 5.69 Å². The number of hydrogen-bond donors (Lipinski definition) is 1. The normalized spacial score (nSPS) is 18.1. The molecule has 0 radical (unpaired) electrons. The third-order valence-electron chi connectivity index (χ3n) is 6.14. The van der Waals surface area contributed by atoms with Gasteiger partial charge < -0.3 is 29.0 Å². The summed E-state index contributed by atoms with van der Waals surface area (Å²) >= 11 is 0. The van der Waals surface area contributed by atoms with E-state index in [1.165, 1.54) is 4.90 Å². The molecule has 34 heavy (non-hydrogen) atoms. The Morgan fingerprint density at radius 2 is 1.76 bits per heavy atom. The van der Waals surface area contributed by atoms with Crippen LogP contribution in [-0.2, 0) is 16.9 Å². The van der Waals surface area contributed by atoms with Crippen LogP contribution in [0.25, 0.3) is 0 Å². The summed E-state index contributed by atoms with van der Waals surface area (Å²) in [6.07, 6.45) is -0.398. The second-order valence-corrected chi connectivity index (χ2v) is 8.13. The zero-order valence-electron chi connectivity index (χ0n) is 18.7. The van der Waals surface area contributed by atoms with Gasteiger partial charge in [0, 0.05) is 11.1 Å². The number of carbonyl (C=O) groups excluding carboxylic acids is 2. The quantitative estimate of drug-likeness (QED) is 0.539. The summed E-state index contributed by atoms with van der Waals surface area (Å²) in [4.78, 5) is 28.2. The molecule has 1 N–H and O–H groups in total. The van der Waals surface area contributed by atoms with E-state index in [4.69, 9.17) is 18.9 Å². The Hall–Kier alpha value is -4.04. The lowest BCUT2D eigenvalue weighted by Gasteiger charge is -2.23. The number of fused-ring (bicyclic) bond motifs is 2. The number of hydrogen-bond acceptors (Lipinski definition) is 7. The lowest BCUT2D eigenvalue weighted by molar-refractivity contribution is -0.136. The van der Waals surface area contributed by atoms with Gasteiger partial charge >= 0.3 is 0 Å². The second-order valence-electron chi connectivity index (χ2n) is 8.13. The maximum atomic E-state index is 13.5. The molecule has 0 saturated heterocycles. The number of para-hydroxylation sites is 1. The number of aliphatic hydroxyl groups is 1. The highest BCUT2D eigenvalue weighted by atomic mass is 16.7. The van der Waals surface area contributed by atoms with Gasteiger partial charge in [-0.3, -0.25) is 9.59 Å². The van der Waals surface area contributed by atoms with Crippen molar-refractivity contribution in [1.29, 1.82) is 0 Å². The first-order valence-electron chi connectivity index (χ1n) is 10.7. The Kier molecular flexibility index (Phi) is 5.37. The summed E-state index contributed by atoms with van der Waals surface area (Å²) in [6.45, 7) is 0.282. The van der Waals surface area contributed by atoms with E-state index in [1.54, 1.807) is 68.8 Å². The van der Waals surface area contributed by atoms with Crippen LogP contribution >= 0.6 is 0 Å². The van der Waals surface area contributed by atoms with Crippen LogP contribution in [0.3, 0.4) is 0 Å². The highest BCUT2D eigenvalue weighted by Gasteiger charge is 2.50. The summed E-state index contributed by atoms with van der Waals surface area (Å²) < 4.78 is 21.3. The molecule has 1 atom stereocenters. The minimum absolute atomic E-state index is 0.0912. The highest BCUT2D eigenvalue weighted by molar-refractivity contribution is 6.10. The maximum Gasteiger partial charge on any atom is 0.264 e. The lowest BCUT2D eigenvalue weighted by atomic mass is 9.88. The van der Waals surface area contributed by atoms with E-state index < -0.39 is 17.9 Å². The van der Waals surface area contributed by atoms with E-state index in [1.807, 2.05) is 6.07 Å². The second kappa shape index (κ2) is 8.39. The summed E-state index contributed by atoms with van der Waals surface area (Å²) in [7, 11) is 3.09. The molecule has 2 heterocycles. The van der Waals surface area contributed by atoms with E-state index in [2.05, 4.69) is 0 Å². The SMILES string of the molecule is COc1ccc(CN2C(=O)[C@@](O)(CC(=O)c3ccc4c(c3)OCO4)c3ccccc32)cc1OC. The van der Waals surface area contributed by atoms with Crippen molar-refractivity contribution < 1.29 is 33.6 Å². The zero-order chi connectivity index (χ0) is 23.9. The standard InChI is InChI=1S/C26H23NO7/c1-31-21-9-7-16(11-23(21)32-2)14-27-19-6-4-3-5-18(19)26(30,25(27)29)13-20(28)17-8-10-22-24(12-17)34-15-33-22/h3-12,30H,13-15H2,1-2H3/t26-/m1/s1. The van der Waals surface area contributed by atoms with Gasteiger partial charge in [-0.05, 0) is 42.0 Å². The molecule has 3 aromatic carbocycles. The van der Waals surface area contributed by atoms with Gasteiger partial charge in [-0.25, -0.2) is 0 Å². The molecule has 0 saturated carbocycles. The molecular weight excluding hydrogens is 438 g/mol. The first kappa shape index (κ1) is 21.8. The average molecular weight is 461 g/mol. The molecule has 0 unspecified atom stereocenters. The molecule has 3 aromatic rings. The van der Waals surface area contributed by atoms with E-state index in [0.717, 1.165) is 5.56 Å². The van der Waals surface area contributed by atoms with Gasteiger partial charge in [0.25, 0.3) is 5.91 Å². The van der Waals surface area contributed by atoms with Crippen molar-refractivity contribution in [3.8, 4) is 23.0 Å². The highest BCUT2D eigenvalue weighted by Crippen LogP contribution is 2.44. The monoisotopic (exact) mass is 461 g/mol. The van der Waals surface area contributed by atoms with Crippen molar-refractivity contribution in [2.75, 3.05) is 25.9 Å². The van der Waals surface area contributed by atoms with Crippen LogP contribution in [0.5, 0.6) is 23.0 Å². The van der Waals surface area contributed by atoms with Gasteiger partial charge in [-0.2, -0.15) is 0 Å². The minimum atomic E-state index is -1.99. The number of methoxy groups -OCH3 is 2. The van der Waals surface area contributed by atoms with Crippen LogP contribution in [0.15, 0.2) is 60.7 Å². The topological polar surface area (TPSA) is 94.5 Å². The van der Waals surface area contributed by atoms with E-state index in [0.29, 0.717) is 39.8 Å². The number of anilines is 1. The van der Waals surface area contributed by atoms with Gasteiger partial charge in [0.2, 0.25) is 6.79 Å². The van der Waals surface area contributed by atoms with E-state index in [-0.39, 0.29) is 19.1 Å². The molecule has 0 spiro atoms. The molecule has 5 rings (SSSR count). The van der Waals surface area contributed by atoms with Gasteiger partial charge in [-0.15, -0.1) is 0 Å². The van der Waals surface area contributed by atoms with Crippen molar-refractivity contribution in [2.45, 2.75) is 18.6 Å². The molecule has 2 aliphatic heterocycles. The third-order valence-corrected chi connectivity index (χ3v) is 6.14. The Morgan fingerprint density at radius 1 is 1.00 bits per heavy atom. The maximum absolute atomic E-state index is 13.5.